The average Bonchev–Trinajstić information content (AvgIpc) is 2.81. The molecule has 0 aliphatic carbocycles. The van der Waals surface area contributed by atoms with Gasteiger partial charge in [-0.15, -0.1) is 0 Å². The molecule has 1 aromatic rings. The summed E-state index contributed by atoms with van der Waals surface area (Å²) in [5.74, 6) is 2.15. The molecule has 0 saturated carbocycles. The van der Waals surface area contributed by atoms with Crippen LogP contribution in [0.5, 0.6) is 5.88 Å². The molecule has 2 bridgehead atoms. The van der Waals surface area contributed by atoms with Crippen LogP contribution in [0.4, 0.5) is 5.82 Å². The highest BCUT2D eigenvalue weighted by atomic mass is 16.5. The average molecular weight is 304 g/mol. The SMILES string of the molecule is COc1cc(N2CC3(CN4CCC3CC4)N(C)C2N)ncn1. The van der Waals surface area contributed by atoms with E-state index < -0.39 is 0 Å². The van der Waals surface area contributed by atoms with Crippen LogP contribution >= 0.6 is 0 Å². The minimum atomic E-state index is -0.153. The zero-order chi connectivity index (χ0) is 15.3. The third-order valence-corrected chi connectivity index (χ3v) is 5.84. The van der Waals surface area contributed by atoms with Gasteiger partial charge in [-0.3, -0.25) is 10.6 Å². The van der Waals surface area contributed by atoms with E-state index in [2.05, 4.69) is 31.7 Å². The number of anilines is 1. The predicted molar refractivity (Wildman–Crippen MR) is 83.6 cm³/mol. The van der Waals surface area contributed by atoms with Crippen LogP contribution in [-0.4, -0.2) is 71.9 Å². The summed E-state index contributed by atoms with van der Waals surface area (Å²) in [5.41, 5.74) is 6.66. The Bertz CT molecular complexity index is 561. The highest BCUT2D eigenvalue weighted by molar-refractivity contribution is 5.45. The van der Waals surface area contributed by atoms with Crippen LogP contribution < -0.4 is 15.4 Å². The number of fused-ring (bicyclic) bond motifs is 2. The third kappa shape index (κ3) is 1.92. The largest absolute Gasteiger partial charge is 0.481 e. The molecule has 4 fully saturated rings. The first-order valence-corrected chi connectivity index (χ1v) is 7.97. The fourth-order valence-corrected chi connectivity index (χ4v) is 4.51. The molecule has 120 valence electrons. The quantitative estimate of drug-likeness (QED) is 0.821. The van der Waals surface area contributed by atoms with Crippen molar-refractivity contribution in [2.75, 3.05) is 45.2 Å². The van der Waals surface area contributed by atoms with Crippen molar-refractivity contribution in [3.8, 4) is 5.88 Å². The van der Waals surface area contributed by atoms with Gasteiger partial charge in [0.15, 0.2) is 0 Å². The number of ether oxygens (including phenoxy) is 1. The number of nitrogens with zero attached hydrogens (tertiary/aromatic N) is 5. The van der Waals surface area contributed by atoms with Crippen molar-refractivity contribution in [1.82, 2.24) is 19.8 Å². The van der Waals surface area contributed by atoms with Crippen molar-refractivity contribution in [2.45, 2.75) is 24.7 Å². The lowest BCUT2D eigenvalue weighted by atomic mass is 9.72. The van der Waals surface area contributed by atoms with E-state index >= 15 is 0 Å². The number of methoxy groups -OCH3 is 1. The summed E-state index contributed by atoms with van der Waals surface area (Å²) in [6.45, 7) is 4.50. The Morgan fingerprint density at radius 2 is 2.05 bits per heavy atom. The Morgan fingerprint density at radius 1 is 1.27 bits per heavy atom. The summed E-state index contributed by atoms with van der Waals surface area (Å²) in [6, 6.07) is 1.87. The molecule has 2 N–H and O–H groups in total. The van der Waals surface area contributed by atoms with E-state index in [-0.39, 0.29) is 11.8 Å². The van der Waals surface area contributed by atoms with Gasteiger partial charge in [0.05, 0.1) is 12.6 Å². The number of nitrogens with two attached hydrogens (primary N) is 1. The molecule has 1 aromatic heterocycles. The molecule has 7 heteroatoms. The third-order valence-electron chi connectivity index (χ3n) is 5.84. The summed E-state index contributed by atoms with van der Waals surface area (Å²) in [4.78, 5) is 15.6. The van der Waals surface area contributed by atoms with Crippen molar-refractivity contribution < 1.29 is 4.74 Å². The summed E-state index contributed by atoms with van der Waals surface area (Å²) >= 11 is 0. The van der Waals surface area contributed by atoms with Crippen LogP contribution in [0.3, 0.4) is 0 Å². The van der Waals surface area contributed by atoms with Gasteiger partial charge in [0.2, 0.25) is 5.88 Å². The monoisotopic (exact) mass is 304 g/mol. The Labute approximate surface area is 131 Å². The van der Waals surface area contributed by atoms with Gasteiger partial charge in [0, 0.05) is 19.2 Å². The molecule has 4 aliphatic rings. The van der Waals surface area contributed by atoms with E-state index in [1.807, 2.05) is 6.07 Å². The minimum absolute atomic E-state index is 0.147. The predicted octanol–water partition coefficient (Wildman–Crippen LogP) is -0.0563. The topological polar surface area (TPSA) is 70.8 Å². The molecule has 22 heavy (non-hydrogen) atoms. The summed E-state index contributed by atoms with van der Waals surface area (Å²) in [6.07, 6.45) is 3.94. The van der Waals surface area contributed by atoms with Crippen LogP contribution in [0.1, 0.15) is 12.8 Å². The summed E-state index contributed by atoms with van der Waals surface area (Å²) in [7, 11) is 3.78. The number of hydrogen-bond donors (Lipinski definition) is 1. The molecule has 1 spiro atoms. The molecule has 4 saturated heterocycles. The molecule has 4 aliphatic heterocycles. The van der Waals surface area contributed by atoms with Crippen LogP contribution in [0.2, 0.25) is 0 Å². The number of rotatable bonds is 2. The maximum atomic E-state index is 6.52. The molecule has 0 aromatic carbocycles. The fraction of sp³-hybridized carbons (Fsp3) is 0.733. The Kier molecular flexibility index (Phi) is 3.25. The van der Waals surface area contributed by atoms with E-state index in [0.29, 0.717) is 5.88 Å². The molecular weight excluding hydrogens is 280 g/mol. The lowest BCUT2D eigenvalue weighted by Gasteiger charge is -2.54. The molecule has 0 amide bonds. The van der Waals surface area contributed by atoms with Gasteiger partial charge in [-0.1, -0.05) is 0 Å². The molecule has 7 nitrogen and oxygen atoms in total. The molecule has 2 atom stereocenters. The Hall–Kier alpha value is -1.44. The second kappa shape index (κ2) is 5.04. The van der Waals surface area contributed by atoms with Crippen molar-refractivity contribution in [3.05, 3.63) is 12.4 Å². The number of aromatic nitrogens is 2. The first kappa shape index (κ1) is 14.2. The highest BCUT2D eigenvalue weighted by Crippen LogP contribution is 2.44. The van der Waals surface area contributed by atoms with E-state index in [0.717, 1.165) is 24.8 Å². The maximum Gasteiger partial charge on any atom is 0.218 e. The first-order valence-electron chi connectivity index (χ1n) is 7.97. The van der Waals surface area contributed by atoms with Gasteiger partial charge in [0.25, 0.3) is 0 Å². The molecule has 0 radical (unpaired) electrons. The van der Waals surface area contributed by atoms with Crippen LogP contribution in [0, 0.1) is 5.92 Å². The van der Waals surface area contributed by atoms with Gasteiger partial charge in [-0.2, -0.15) is 0 Å². The minimum Gasteiger partial charge on any atom is -0.481 e. The molecular formula is C15H24N6O. The van der Waals surface area contributed by atoms with Gasteiger partial charge in [-0.25, -0.2) is 9.97 Å². The lowest BCUT2D eigenvalue weighted by molar-refractivity contribution is -0.0432. The summed E-state index contributed by atoms with van der Waals surface area (Å²) < 4.78 is 5.22. The molecule has 5 heterocycles. The fourth-order valence-electron chi connectivity index (χ4n) is 4.51. The normalized spacial score (nSPS) is 38.0. The van der Waals surface area contributed by atoms with E-state index in [1.54, 1.807) is 13.4 Å². The van der Waals surface area contributed by atoms with E-state index in [4.69, 9.17) is 10.5 Å². The van der Waals surface area contributed by atoms with Gasteiger partial charge in [0.1, 0.15) is 18.4 Å². The zero-order valence-electron chi connectivity index (χ0n) is 13.3. The van der Waals surface area contributed by atoms with Crippen LogP contribution in [0.25, 0.3) is 0 Å². The Balaban J connectivity index is 1.66. The summed E-state index contributed by atoms with van der Waals surface area (Å²) in [5, 5.41) is 0. The standard InChI is InChI=1S/C15H24N6O/c1-19-14(16)21(12-7-13(22-2)18-10-17-12)9-15(19)8-20-5-3-11(15)4-6-20/h7,10-11,14H,3-6,8-9,16H2,1-2H3. The van der Waals surface area contributed by atoms with Crippen molar-refractivity contribution in [2.24, 2.45) is 11.7 Å². The number of likely N-dealkylation sites (N-methyl/N-ethyl adjacent to an activating group) is 1. The second-order valence-corrected chi connectivity index (χ2v) is 6.72. The van der Waals surface area contributed by atoms with Crippen molar-refractivity contribution in [3.63, 3.8) is 0 Å². The first-order chi connectivity index (χ1) is 10.6. The van der Waals surface area contributed by atoms with Crippen molar-refractivity contribution in [1.29, 1.82) is 0 Å². The van der Waals surface area contributed by atoms with E-state index in [1.165, 1.54) is 25.9 Å². The van der Waals surface area contributed by atoms with Gasteiger partial charge in [-0.05, 0) is 38.9 Å². The Morgan fingerprint density at radius 3 is 2.68 bits per heavy atom. The second-order valence-electron chi connectivity index (χ2n) is 6.72. The molecule has 5 rings (SSSR count). The highest BCUT2D eigenvalue weighted by Gasteiger charge is 2.56. The van der Waals surface area contributed by atoms with Crippen molar-refractivity contribution >= 4 is 5.82 Å². The molecule has 2 unspecified atom stereocenters. The van der Waals surface area contributed by atoms with Crippen LogP contribution in [0.15, 0.2) is 12.4 Å². The van der Waals surface area contributed by atoms with Crippen LogP contribution in [-0.2, 0) is 0 Å². The van der Waals surface area contributed by atoms with Gasteiger partial charge < -0.3 is 14.5 Å². The number of hydrogen-bond acceptors (Lipinski definition) is 7. The number of piperidine rings is 3. The maximum absolute atomic E-state index is 6.52. The van der Waals surface area contributed by atoms with E-state index in [9.17, 15) is 0 Å². The lowest BCUT2D eigenvalue weighted by Crippen LogP contribution is -2.66. The smallest absolute Gasteiger partial charge is 0.218 e. The van der Waals surface area contributed by atoms with Gasteiger partial charge >= 0.3 is 0 Å². The zero-order valence-corrected chi connectivity index (χ0v) is 13.3.